The molecule has 1 heterocycles. The molecule has 3 aromatic rings. The van der Waals surface area contributed by atoms with E-state index in [1.54, 1.807) is 6.07 Å². The van der Waals surface area contributed by atoms with Crippen molar-refractivity contribution in [2.75, 3.05) is 13.2 Å². The number of ether oxygens (including phenoxy) is 1. The van der Waals surface area contributed by atoms with E-state index in [4.69, 9.17) is 21.4 Å². The van der Waals surface area contributed by atoms with Crippen molar-refractivity contribution < 1.29 is 19.4 Å². The van der Waals surface area contributed by atoms with Gasteiger partial charge in [0.05, 0.1) is 9.50 Å². The number of nitrogens with zero attached hydrogens (tertiary/aromatic N) is 1. The van der Waals surface area contributed by atoms with Gasteiger partial charge in [-0.05, 0) is 57.8 Å². The third-order valence-corrected chi connectivity index (χ3v) is 5.26. The van der Waals surface area contributed by atoms with Crippen LogP contribution in [0.3, 0.4) is 0 Å². The summed E-state index contributed by atoms with van der Waals surface area (Å²) in [6.07, 6.45) is 3.92. The molecule has 9 heteroatoms. The van der Waals surface area contributed by atoms with Crippen LogP contribution in [-0.4, -0.2) is 35.1 Å². The maximum atomic E-state index is 12.4. The summed E-state index contributed by atoms with van der Waals surface area (Å²) in [4.78, 5) is 26.3. The minimum atomic E-state index is -1.14. The number of aliphatic carboxylic acids is 1. The zero-order valence-corrected chi connectivity index (χ0v) is 18.5. The van der Waals surface area contributed by atoms with Crippen molar-refractivity contribution >= 4 is 56.4 Å². The molecule has 1 aromatic heterocycles. The van der Waals surface area contributed by atoms with E-state index in [9.17, 15) is 14.9 Å². The number of nitrogens with one attached hydrogen (secondary N) is 2. The molecule has 0 bridgehead atoms. The molecule has 0 radical (unpaired) electrons. The molecule has 0 aliphatic carbocycles. The third kappa shape index (κ3) is 5.66. The van der Waals surface area contributed by atoms with Crippen LogP contribution in [-0.2, 0) is 16.0 Å². The smallest absolute Gasteiger partial charge is 0.341 e. The van der Waals surface area contributed by atoms with E-state index in [1.807, 2.05) is 36.5 Å². The first kappa shape index (κ1) is 22.4. The molecule has 0 atom stereocenters. The Bertz CT molecular complexity index is 1190. The maximum absolute atomic E-state index is 12.4. The number of hydrogen-bond donors (Lipinski definition) is 3. The number of carboxylic acids is 1. The van der Waals surface area contributed by atoms with Crippen molar-refractivity contribution in [3.63, 3.8) is 0 Å². The molecule has 1 amide bonds. The Kier molecular flexibility index (Phi) is 7.34. The number of aromatic nitrogens is 1. The predicted molar refractivity (Wildman–Crippen MR) is 121 cm³/mol. The lowest BCUT2D eigenvalue weighted by Crippen LogP contribution is -2.26. The van der Waals surface area contributed by atoms with Crippen LogP contribution in [0.15, 0.2) is 52.6 Å². The molecule has 0 aliphatic heterocycles. The number of hydrogen-bond acceptors (Lipinski definition) is 4. The Morgan fingerprint density at radius 1 is 1.32 bits per heavy atom. The van der Waals surface area contributed by atoms with E-state index in [1.165, 1.54) is 12.1 Å². The van der Waals surface area contributed by atoms with Gasteiger partial charge in [-0.2, -0.15) is 5.26 Å². The number of benzene rings is 2. The van der Waals surface area contributed by atoms with Gasteiger partial charge in [0, 0.05) is 23.6 Å². The average Bonchev–Trinajstić information content (AvgIpc) is 3.14. The zero-order chi connectivity index (χ0) is 22.4. The van der Waals surface area contributed by atoms with Gasteiger partial charge in [0.25, 0.3) is 5.91 Å². The number of rotatable bonds is 8. The van der Waals surface area contributed by atoms with Gasteiger partial charge in [-0.15, -0.1) is 0 Å². The second kappa shape index (κ2) is 10.2. The second-order valence-electron chi connectivity index (χ2n) is 6.53. The van der Waals surface area contributed by atoms with E-state index in [2.05, 4.69) is 26.2 Å². The number of para-hydroxylation sites is 1. The fourth-order valence-corrected chi connectivity index (χ4v) is 3.98. The summed E-state index contributed by atoms with van der Waals surface area (Å²) in [6.45, 7) is -0.179. The minimum absolute atomic E-state index is 0.0823. The fourth-order valence-electron chi connectivity index (χ4n) is 2.99. The lowest BCUT2D eigenvalue weighted by molar-refractivity contribution is -0.139. The summed E-state index contributed by atoms with van der Waals surface area (Å²) in [6, 6.07) is 12.9. The van der Waals surface area contributed by atoms with E-state index in [-0.39, 0.29) is 16.3 Å². The highest BCUT2D eigenvalue weighted by atomic mass is 79.9. The zero-order valence-electron chi connectivity index (χ0n) is 16.1. The molecule has 0 aliphatic rings. The van der Waals surface area contributed by atoms with Crippen molar-refractivity contribution in [3.8, 4) is 11.8 Å². The first-order valence-corrected chi connectivity index (χ1v) is 10.3. The maximum Gasteiger partial charge on any atom is 0.341 e. The first-order chi connectivity index (χ1) is 14.9. The SMILES string of the molecule is N#C/C(=C/c1cc(Cl)c(OCC(=O)O)c(Br)c1)C(=O)NCCc1c[nH]c2ccccc12. The summed E-state index contributed by atoms with van der Waals surface area (Å²) < 4.78 is 5.54. The van der Waals surface area contributed by atoms with Crippen LogP contribution in [0, 0.1) is 11.3 Å². The van der Waals surface area contributed by atoms with Gasteiger partial charge in [-0.1, -0.05) is 29.8 Å². The van der Waals surface area contributed by atoms with E-state index in [0.29, 0.717) is 23.0 Å². The molecule has 7 nitrogen and oxygen atoms in total. The molecule has 158 valence electrons. The van der Waals surface area contributed by atoms with Gasteiger partial charge in [-0.3, -0.25) is 4.79 Å². The van der Waals surface area contributed by atoms with Gasteiger partial charge in [0.1, 0.15) is 11.6 Å². The number of nitriles is 1. The van der Waals surface area contributed by atoms with E-state index < -0.39 is 18.5 Å². The van der Waals surface area contributed by atoms with Gasteiger partial charge >= 0.3 is 5.97 Å². The standard InChI is InChI=1S/C22H17BrClN3O4/c23-17-8-13(9-18(24)21(17)31-12-20(28)29)7-15(10-25)22(30)26-6-5-14-11-27-19-4-2-1-3-16(14)19/h1-4,7-9,11,27H,5-6,12H2,(H,26,30)(H,28,29)/b15-7-. The number of fused-ring (bicyclic) bond motifs is 1. The van der Waals surface area contributed by atoms with Crippen LogP contribution in [0.25, 0.3) is 17.0 Å². The molecule has 0 unspecified atom stereocenters. The molecule has 31 heavy (non-hydrogen) atoms. The van der Waals surface area contributed by atoms with Crippen LogP contribution < -0.4 is 10.1 Å². The minimum Gasteiger partial charge on any atom is -0.479 e. The lowest BCUT2D eigenvalue weighted by atomic mass is 10.1. The summed E-state index contributed by atoms with van der Waals surface area (Å²) in [5.41, 5.74) is 2.51. The quantitative estimate of drug-likeness (QED) is 0.314. The normalized spacial score (nSPS) is 11.2. The Morgan fingerprint density at radius 2 is 2.10 bits per heavy atom. The van der Waals surface area contributed by atoms with Crippen molar-refractivity contribution in [1.29, 1.82) is 5.26 Å². The van der Waals surface area contributed by atoms with Crippen molar-refractivity contribution in [2.45, 2.75) is 6.42 Å². The van der Waals surface area contributed by atoms with E-state index in [0.717, 1.165) is 16.5 Å². The summed E-state index contributed by atoms with van der Waals surface area (Å²) >= 11 is 9.41. The highest BCUT2D eigenvalue weighted by Crippen LogP contribution is 2.35. The third-order valence-electron chi connectivity index (χ3n) is 4.39. The second-order valence-corrected chi connectivity index (χ2v) is 7.79. The van der Waals surface area contributed by atoms with Crippen LogP contribution in [0.4, 0.5) is 0 Å². The highest BCUT2D eigenvalue weighted by molar-refractivity contribution is 9.10. The highest BCUT2D eigenvalue weighted by Gasteiger charge is 2.13. The number of amides is 1. The average molecular weight is 503 g/mol. The molecular weight excluding hydrogens is 486 g/mol. The molecule has 0 saturated carbocycles. The number of halogens is 2. The number of carbonyl (C=O) groups excluding carboxylic acids is 1. The first-order valence-electron chi connectivity index (χ1n) is 9.17. The number of carboxylic acid groups (broad SMARTS) is 1. The molecule has 3 N–H and O–H groups in total. The summed E-state index contributed by atoms with van der Waals surface area (Å²) in [7, 11) is 0. The summed E-state index contributed by atoms with van der Waals surface area (Å²) in [5.74, 6) is -1.47. The van der Waals surface area contributed by atoms with Crippen LogP contribution in [0.1, 0.15) is 11.1 Å². The lowest BCUT2D eigenvalue weighted by Gasteiger charge is -2.09. The molecule has 2 aromatic carbocycles. The summed E-state index contributed by atoms with van der Waals surface area (Å²) in [5, 5.41) is 22.1. The van der Waals surface area contributed by atoms with Gasteiger partial charge < -0.3 is 20.1 Å². The van der Waals surface area contributed by atoms with Crippen molar-refractivity contribution in [1.82, 2.24) is 10.3 Å². The number of aromatic amines is 1. The topological polar surface area (TPSA) is 115 Å². The monoisotopic (exact) mass is 501 g/mol. The largest absolute Gasteiger partial charge is 0.479 e. The fraction of sp³-hybridized carbons (Fsp3) is 0.136. The van der Waals surface area contributed by atoms with Gasteiger partial charge in [-0.25, -0.2) is 4.79 Å². The van der Waals surface area contributed by atoms with E-state index >= 15 is 0 Å². The Balaban J connectivity index is 1.67. The Labute approximate surface area is 191 Å². The Hall–Kier alpha value is -3.28. The van der Waals surface area contributed by atoms with Crippen molar-refractivity contribution in [2.24, 2.45) is 0 Å². The van der Waals surface area contributed by atoms with Crippen molar-refractivity contribution in [3.05, 3.63) is 68.8 Å². The molecule has 0 saturated heterocycles. The van der Waals surface area contributed by atoms with Crippen LogP contribution in [0.5, 0.6) is 5.75 Å². The molecule has 3 rings (SSSR count). The number of H-pyrrole nitrogens is 1. The van der Waals surface area contributed by atoms with Crippen LogP contribution >= 0.6 is 27.5 Å². The predicted octanol–water partition coefficient (Wildman–Crippen LogP) is 4.31. The van der Waals surface area contributed by atoms with Crippen LogP contribution in [0.2, 0.25) is 5.02 Å². The Morgan fingerprint density at radius 3 is 2.81 bits per heavy atom. The molecular formula is C22H17BrClN3O4. The molecule has 0 fully saturated rings. The van der Waals surface area contributed by atoms with Gasteiger partial charge in [0.15, 0.2) is 12.4 Å². The number of carbonyl (C=O) groups is 2. The molecule has 0 spiro atoms. The van der Waals surface area contributed by atoms with Gasteiger partial charge in [0.2, 0.25) is 0 Å².